The van der Waals surface area contributed by atoms with Gasteiger partial charge in [0.05, 0.1) is 0 Å². The zero-order valence-electron chi connectivity index (χ0n) is 8.24. The van der Waals surface area contributed by atoms with Gasteiger partial charge in [0.15, 0.2) is 18.1 Å². The second-order valence-electron chi connectivity index (χ2n) is 2.59. The molecule has 0 aromatic heterocycles. The highest BCUT2D eigenvalue weighted by Crippen LogP contribution is 2.07. The van der Waals surface area contributed by atoms with Gasteiger partial charge in [-0.15, -0.1) is 0 Å². The molecule has 0 rings (SSSR count). The van der Waals surface area contributed by atoms with Crippen LogP contribution in [0.25, 0.3) is 0 Å². The van der Waals surface area contributed by atoms with E-state index in [2.05, 4.69) is 27.7 Å². The van der Waals surface area contributed by atoms with Crippen molar-refractivity contribution in [3.05, 3.63) is 0 Å². The topological polar surface area (TPSA) is 9.23 Å². The van der Waals surface area contributed by atoms with Gasteiger partial charge >= 0.3 is 0 Å². The van der Waals surface area contributed by atoms with Gasteiger partial charge in [-0.05, 0) is 24.2 Å². The first-order valence-electron chi connectivity index (χ1n) is 4.65. The van der Waals surface area contributed by atoms with E-state index < -0.39 is 18.1 Å². The van der Waals surface area contributed by atoms with E-state index in [1.807, 2.05) is 0 Å². The summed E-state index contributed by atoms with van der Waals surface area (Å²) in [7, 11) is -0.802. The second kappa shape index (κ2) is 7.07. The number of rotatable bonds is 6. The maximum Gasteiger partial charge on any atom is 0.197 e. The van der Waals surface area contributed by atoms with Gasteiger partial charge in [-0.1, -0.05) is 27.7 Å². The third-order valence-electron chi connectivity index (χ3n) is 1.87. The number of hydrogen-bond donors (Lipinski definition) is 0. The van der Waals surface area contributed by atoms with Gasteiger partial charge in [-0.25, -0.2) is 0 Å². The number of hydrogen-bond acceptors (Lipinski definition) is 1. The predicted octanol–water partition coefficient (Wildman–Crippen LogP) is 3.07. The fourth-order valence-corrected chi connectivity index (χ4v) is 5.94. The van der Waals surface area contributed by atoms with Gasteiger partial charge in [0, 0.05) is 0 Å². The average Bonchev–Trinajstić information content (AvgIpc) is 2.07. The third-order valence-corrected chi connectivity index (χ3v) is 7.33. The van der Waals surface area contributed by atoms with E-state index in [-0.39, 0.29) is 0 Å². The summed E-state index contributed by atoms with van der Waals surface area (Å²) in [5.41, 5.74) is 0. The van der Waals surface area contributed by atoms with E-state index in [0.29, 0.717) is 0 Å². The highest BCUT2D eigenvalue weighted by Gasteiger charge is 2.14. The molecule has 0 N–H and O–H groups in total. The van der Waals surface area contributed by atoms with Crippen LogP contribution in [-0.4, -0.2) is 18.1 Å². The van der Waals surface area contributed by atoms with Gasteiger partial charge in [-0.3, -0.25) is 0 Å². The summed E-state index contributed by atoms with van der Waals surface area (Å²) in [6.45, 7) is 9.01. The maximum atomic E-state index is 6.05. The van der Waals surface area contributed by atoms with E-state index in [1.54, 1.807) is 0 Å². The molecule has 0 amide bonds. The molecule has 0 aliphatic heterocycles. The van der Waals surface area contributed by atoms with Crippen molar-refractivity contribution in [2.24, 2.45) is 0 Å². The molecule has 0 aliphatic rings. The van der Waals surface area contributed by atoms with E-state index >= 15 is 0 Å². The van der Waals surface area contributed by atoms with Crippen LogP contribution in [0.4, 0.5) is 0 Å². The zero-order chi connectivity index (χ0) is 8.69. The molecule has 0 saturated carbocycles. The molecule has 0 unspecified atom stereocenters. The van der Waals surface area contributed by atoms with Crippen molar-refractivity contribution in [3.8, 4) is 0 Å². The lowest BCUT2D eigenvalue weighted by Gasteiger charge is -2.17. The first kappa shape index (κ1) is 11.4. The molecule has 0 aliphatic carbocycles. The van der Waals surface area contributed by atoms with Crippen molar-refractivity contribution in [1.82, 2.24) is 0 Å². The summed E-state index contributed by atoms with van der Waals surface area (Å²) in [4.78, 5) is 0. The molecule has 0 atom stereocenters. The van der Waals surface area contributed by atoms with Crippen molar-refractivity contribution in [1.29, 1.82) is 0 Å². The van der Waals surface area contributed by atoms with Gasteiger partial charge in [-0.2, -0.15) is 0 Å². The van der Waals surface area contributed by atoms with Crippen LogP contribution >= 0.6 is 0 Å². The monoisotopic (exact) mass is 188 g/mol. The molecular weight excluding hydrogens is 168 g/mol. The SMILES string of the molecule is CC[Si](CC)O[Si](CC)CC. The molecule has 0 aromatic rings. The van der Waals surface area contributed by atoms with Gasteiger partial charge < -0.3 is 4.12 Å². The molecule has 0 spiro atoms. The van der Waals surface area contributed by atoms with Crippen LogP contribution in [0.15, 0.2) is 0 Å². The van der Waals surface area contributed by atoms with Crippen LogP contribution < -0.4 is 0 Å². The van der Waals surface area contributed by atoms with Crippen molar-refractivity contribution in [3.63, 3.8) is 0 Å². The maximum absolute atomic E-state index is 6.05. The first-order valence-corrected chi connectivity index (χ1v) is 8.30. The Kier molecular flexibility index (Phi) is 7.32. The Morgan fingerprint density at radius 1 is 0.727 bits per heavy atom. The van der Waals surface area contributed by atoms with Crippen LogP contribution in [0.5, 0.6) is 0 Å². The minimum Gasteiger partial charge on any atom is -0.455 e. The Morgan fingerprint density at radius 3 is 1.18 bits per heavy atom. The molecule has 0 saturated heterocycles. The van der Waals surface area contributed by atoms with Crippen LogP contribution in [0.2, 0.25) is 24.2 Å². The summed E-state index contributed by atoms with van der Waals surface area (Å²) in [5.74, 6) is 0. The lowest BCUT2D eigenvalue weighted by molar-refractivity contribution is 0.576. The summed E-state index contributed by atoms with van der Waals surface area (Å²) in [6.07, 6.45) is 0. The summed E-state index contributed by atoms with van der Waals surface area (Å²) >= 11 is 0. The molecule has 0 fully saturated rings. The second-order valence-corrected chi connectivity index (χ2v) is 8.39. The van der Waals surface area contributed by atoms with Crippen LogP contribution in [0.1, 0.15) is 27.7 Å². The fraction of sp³-hybridized carbons (Fsp3) is 1.00. The third kappa shape index (κ3) is 4.77. The van der Waals surface area contributed by atoms with Crippen molar-refractivity contribution in [2.45, 2.75) is 51.9 Å². The highest BCUT2D eigenvalue weighted by atomic mass is 28.4. The zero-order valence-corrected chi connectivity index (χ0v) is 10.2. The summed E-state index contributed by atoms with van der Waals surface area (Å²) < 4.78 is 6.05. The summed E-state index contributed by atoms with van der Waals surface area (Å²) in [5, 5.41) is 0. The van der Waals surface area contributed by atoms with Gasteiger partial charge in [0.1, 0.15) is 0 Å². The smallest absolute Gasteiger partial charge is 0.197 e. The largest absolute Gasteiger partial charge is 0.455 e. The van der Waals surface area contributed by atoms with Crippen molar-refractivity contribution >= 4 is 18.1 Å². The van der Waals surface area contributed by atoms with Crippen molar-refractivity contribution in [2.75, 3.05) is 0 Å². The highest BCUT2D eigenvalue weighted by molar-refractivity contribution is 6.65. The molecule has 0 heterocycles. The van der Waals surface area contributed by atoms with Crippen LogP contribution in [0, 0.1) is 0 Å². The summed E-state index contributed by atoms with van der Waals surface area (Å²) in [6, 6.07) is 5.09. The predicted molar refractivity (Wildman–Crippen MR) is 54.5 cm³/mol. The Labute approximate surface area is 74.6 Å². The van der Waals surface area contributed by atoms with Crippen molar-refractivity contribution < 1.29 is 4.12 Å². The van der Waals surface area contributed by atoms with Crippen LogP contribution in [-0.2, 0) is 4.12 Å². The van der Waals surface area contributed by atoms with Gasteiger partial charge in [0.25, 0.3) is 0 Å². The van der Waals surface area contributed by atoms with E-state index in [4.69, 9.17) is 4.12 Å². The molecule has 66 valence electrons. The average molecular weight is 188 g/mol. The minimum absolute atomic E-state index is 0.401. The van der Waals surface area contributed by atoms with E-state index in [1.165, 1.54) is 24.2 Å². The Morgan fingerprint density at radius 2 is 1.00 bits per heavy atom. The lowest BCUT2D eigenvalue weighted by Crippen LogP contribution is -2.26. The molecule has 0 bridgehead atoms. The molecule has 1 nitrogen and oxygen atoms in total. The minimum atomic E-state index is -0.401. The Bertz CT molecular complexity index is 70.2. The molecule has 2 radical (unpaired) electrons. The van der Waals surface area contributed by atoms with Crippen LogP contribution in [0.3, 0.4) is 0 Å². The molecular formula is C8H20OSi2. The quantitative estimate of drug-likeness (QED) is 0.582. The van der Waals surface area contributed by atoms with E-state index in [0.717, 1.165) is 0 Å². The van der Waals surface area contributed by atoms with Gasteiger partial charge in [0.2, 0.25) is 0 Å². The molecule has 3 heteroatoms. The molecule has 11 heavy (non-hydrogen) atoms. The standard InChI is InChI=1S/C8H20OSi2/c1-5-10(6-2)9-11(7-3)8-4/h5-8H2,1-4H3. The Hall–Kier alpha value is 0.394. The molecule has 0 aromatic carbocycles. The lowest BCUT2D eigenvalue weighted by atomic mass is 10.9. The first-order chi connectivity index (χ1) is 5.28. The fourth-order valence-electron chi connectivity index (χ4n) is 0.993. The van der Waals surface area contributed by atoms with E-state index in [9.17, 15) is 0 Å². The normalized spacial score (nSPS) is 11.5. The Balaban J connectivity index is 3.58.